The quantitative estimate of drug-likeness (QED) is 0.872. The Labute approximate surface area is 133 Å². The molecule has 2 aromatic carbocycles. The van der Waals surface area contributed by atoms with E-state index in [1.54, 1.807) is 36.4 Å². The molecule has 0 bridgehead atoms. The van der Waals surface area contributed by atoms with E-state index in [1.165, 1.54) is 6.07 Å². The Morgan fingerprint density at radius 1 is 1.09 bits per heavy atom. The lowest BCUT2D eigenvalue weighted by molar-refractivity contribution is 0.102. The fourth-order valence-corrected chi connectivity index (χ4v) is 4.19. The lowest BCUT2D eigenvalue weighted by Gasteiger charge is -2.11. The molecule has 7 heteroatoms. The van der Waals surface area contributed by atoms with Crippen LogP contribution < -0.4 is 10.1 Å². The molecule has 0 aliphatic carbocycles. The van der Waals surface area contributed by atoms with Gasteiger partial charge in [-0.2, -0.15) is 0 Å². The third-order valence-corrected chi connectivity index (χ3v) is 5.53. The van der Waals surface area contributed by atoms with Gasteiger partial charge >= 0.3 is 0 Å². The lowest BCUT2D eigenvalue weighted by atomic mass is 10.2. The highest BCUT2D eigenvalue weighted by atomic mass is 32.2. The first-order valence-electron chi connectivity index (χ1n) is 7.10. The van der Waals surface area contributed by atoms with Crippen LogP contribution in [0.1, 0.15) is 10.4 Å². The van der Waals surface area contributed by atoms with Crippen LogP contribution in [0.15, 0.2) is 47.4 Å². The number of carbonyl (C=O) groups excluding carboxylic acids is 1. The molecule has 1 saturated heterocycles. The number of nitrogens with one attached hydrogen (secondary N) is 1. The van der Waals surface area contributed by atoms with Gasteiger partial charge in [0.15, 0.2) is 15.6 Å². The molecular formula is C16H13NO5S. The molecule has 2 aliphatic rings. The van der Waals surface area contributed by atoms with Gasteiger partial charge in [0, 0.05) is 0 Å². The van der Waals surface area contributed by atoms with Crippen LogP contribution >= 0.6 is 0 Å². The minimum absolute atomic E-state index is 0.0317. The molecule has 0 aromatic heterocycles. The second-order valence-corrected chi connectivity index (χ2v) is 7.42. The minimum Gasteiger partial charge on any atom is -0.454 e. The predicted molar refractivity (Wildman–Crippen MR) is 82.7 cm³/mol. The smallest absolute Gasteiger partial charge is 0.260 e. The van der Waals surface area contributed by atoms with E-state index in [0.717, 1.165) is 0 Å². The van der Waals surface area contributed by atoms with E-state index >= 15 is 0 Å². The van der Waals surface area contributed by atoms with Crippen molar-refractivity contribution in [1.29, 1.82) is 0 Å². The van der Waals surface area contributed by atoms with Crippen molar-refractivity contribution in [2.75, 3.05) is 17.7 Å². The Morgan fingerprint density at radius 2 is 1.83 bits per heavy atom. The van der Waals surface area contributed by atoms with E-state index in [4.69, 9.17) is 9.47 Å². The average Bonchev–Trinajstić information content (AvgIpc) is 3.32. The summed E-state index contributed by atoms with van der Waals surface area (Å²) < 4.78 is 35.9. The largest absolute Gasteiger partial charge is 0.454 e. The molecule has 0 radical (unpaired) electrons. The van der Waals surface area contributed by atoms with Crippen LogP contribution in [0.4, 0.5) is 5.69 Å². The van der Waals surface area contributed by atoms with Crippen LogP contribution in [0.25, 0.3) is 0 Å². The molecule has 1 amide bonds. The number of hydrogen-bond acceptors (Lipinski definition) is 5. The molecule has 4 rings (SSSR count). The van der Waals surface area contributed by atoms with Crippen LogP contribution in [-0.4, -0.2) is 32.8 Å². The summed E-state index contributed by atoms with van der Waals surface area (Å²) in [4.78, 5) is 12.5. The Bertz CT molecular complexity index is 902. The number of ether oxygens (including phenoxy) is 2. The van der Waals surface area contributed by atoms with Gasteiger partial charge in [0.1, 0.15) is 11.3 Å². The van der Waals surface area contributed by atoms with Crippen molar-refractivity contribution in [2.24, 2.45) is 0 Å². The third kappa shape index (κ3) is 2.58. The Kier molecular flexibility index (Phi) is 3.14. The van der Waals surface area contributed by atoms with Crippen molar-refractivity contribution < 1.29 is 22.7 Å². The van der Waals surface area contributed by atoms with E-state index < -0.39 is 15.7 Å². The number of sulfone groups is 1. The van der Waals surface area contributed by atoms with Crippen molar-refractivity contribution in [2.45, 2.75) is 11.0 Å². The zero-order chi connectivity index (χ0) is 16.0. The van der Waals surface area contributed by atoms with Crippen molar-refractivity contribution >= 4 is 21.4 Å². The van der Waals surface area contributed by atoms with Gasteiger partial charge in [0.2, 0.25) is 0 Å². The van der Waals surface area contributed by atoms with Crippen molar-refractivity contribution in [3.63, 3.8) is 0 Å². The highest BCUT2D eigenvalue weighted by Gasteiger charge is 2.34. The maximum absolute atomic E-state index is 12.6. The molecule has 2 heterocycles. The van der Waals surface area contributed by atoms with E-state index in [1.807, 2.05) is 0 Å². The maximum atomic E-state index is 12.6. The minimum atomic E-state index is -3.64. The summed E-state index contributed by atoms with van der Waals surface area (Å²) in [6.07, 6.45) is -0.289. The first-order chi connectivity index (χ1) is 11.0. The molecule has 118 valence electrons. The SMILES string of the molecule is O=C1Nc2ccccc2Oc2cccc(S(=O)(=O)CC3CO3)c21. The molecule has 2 aromatic rings. The van der Waals surface area contributed by atoms with Gasteiger partial charge in [-0.3, -0.25) is 4.79 Å². The topological polar surface area (TPSA) is 85.0 Å². The molecule has 6 nitrogen and oxygen atoms in total. The van der Waals surface area contributed by atoms with Gasteiger partial charge < -0.3 is 14.8 Å². The Morgan fingerprint density at radius 3 is 2.61 bits per heavy atom. The van der Waals surface area contributed by atoms with E-state index in [0.29, 0.717) is 18.0 Å². The molecule has 1 N–H and O–H groups in total. The van der Waals surface area contributed by atoms with Gasteiger partial charge in [-0.25, -0.2) is 8.42 Å². The second-order valence-electron chi connectivity index (χ2n) is 5.42. The first-order valence-corrected chi connectivity index (χ1v) is 8.75. The van der Waals surface area contributed by atoms with Crippen LogP contribution in [0.5, 0.6) is 11.5 Å². The number of para-hydroxylation sites is 2. The highest BCUT2D eigenvalue weighted by Crippen LogP contribution is 2.38. The van der Waals surface area contributed by atoms with Gasteiger partial charge in [0.05, 0.1) is 29.0 Å². The Hall–Kier alpha value is -2.38. The van der Waals surface area contributed by atoms with Crippen LogP contribution in [0, 0.1) is 0 Å². The third-order valence-electron chi connectivity index (χ3n) is 3.71. The highest BCUT2D eigenvalue weighted by molar-refractivity contribution is 7.91. The van der Waals surface area contributed by atoms with Crippen LogP contribution in [0.2, 0.25) is 0 Å². The summed E-state index contributed by atoms with van der Waals surface area (Å²) in [6.45, 7) is 0.433. The summed E-state index contributed by atoms with van der Waals surface area (Å²) in [5, 5.41) is 2.70. The summed E-state index contributed by atoms with van der Waals surface area (Å²) in [5.41, 5.74) is 0.534. The number of anilines is 1. The zero-order valence-corrected chi connectivity index (χ0v) is 12.8. The second kappa shape index (κ2) is 5.07. The van der Waals surface area contributed by atoms with Gasteiger partial charge in [0.25, 0.3) is 5.91 Å². The summed E-state index contributed by atoms with van der Waals surface area (Å²) in [6, 6.07) is 11.5. The van der Waals surface area contributed by atoms with Crippen LogP contribution in [-0.2, 0) is 14.6 Å². The maximum Gasteiger partial charge on any atom is 0.260 e. The first kappa shape index (κ1) is 14.2. The summed E-state index contributed by atoms with van der Waals surface area (Å²) in [5.74, 6) is 0.0645. The number of benzene rings is 2. The normalized spacial score (nSPS) is 19.0. The van der Waals surface area contributed by atoms with Crippen molar-refractivity contribution in [1.82, 2.24) is 0 Å². The lowest BCUT2D eigenvalue weighted by Crippen LogP contribution is -2.19. The van der Waals surface area contributed by atoms with E-state index in [9.17, 15) is 13.2 Å². The fraction of sp³-hybridized carbons (Fsp3) is 0.188. The number of rotatable bonds is 3. The number of epoxide rings is 1. The molecule has 0 spiro atoms. The van der Waals surface area contributed by atoms with Gasteiger partial charge in [-0.05, 0) is 24.3 Å². The molecule has 1 atom stereocenters. The van der Waals surface area contributed by atoms with Crippen LogP contribution in [0.3, 0.4) is 0 Å². The average molecular weight is 331 g/mol. The van der Waals surface area contributed by atoms with Gasteiger partial charge in [-0.15, -0.1) is 0 Å². The molecular weight excluding hydrogens is 318 g/mol. The van der Waals surface area contributed by atoms with Crippen molar-refractivity contribution in [3.8, 4) is 11.5 Å². The number of fused-ring (bicyclic) bond motifs is 2. The summed E-state index contributed by atoms with van der Waals surface area (Å²) >= 11 is 0. The Balaban J connectivity index is 1.84. The standard InChI is InChI=1S/C16H13NO5S/c18-16-15-13(22-12-5-2-1-4-11(12)17-16)6-3-7-14(15)23(19,20)9-10-8-21-10/h1-7,10H,8-9H2,(H,17,18). The molecule has 1 unspecified atom stereocenters. The zero-order valence-electron chi connectivity index (χ0n) is 12.0. The summed E-state index contributed by atoms with van der Waals surface area (Å²) in [7, 11) is -3.64. The molecule has 0 saturated carbocycles. The fourth-order valence-electron chi connectivity index (χ4n) is 2.54. The number of hydrogen-bond donors (Lipinski definition) is 1. The molecule has 23 heavy (non-hydrogen) atoms. The molecule has 2 aliphatic heterocycles. The number of amides is 1. The van der Waals surface area contributed by atoms with Gasteiger partial charge in [-0.1, -0.05) is 18.2 Å². The monoisotopic (exact) mass is 331 g/mol. The van der Waals surface area contributed by atoms with Crippen molar-refractivity contribution in [3.05, 3.63) is 48.0 Å². The van der Waals surface area contributed by atoms with E-state index in [-0.39, 0.29) is 28.1 Å². The number of carbonyl (C=O) groups is 1. The molecule has 1 fully saturated rings. The van der Waals surface area contributed by atoms with E-state index in [2.05, 4.69) is 5.32 Å². The predicted octanol–water partition coefficient (Wildman–Crippen LogP) is 2.22.